The van der Waals surface area contributed by atoms with Crippen molar-refractivity contribution in [3.63, 3.8) is 0 Å². The molecule has 1 saturated heterocycles. The predicted molar refractivity (Wildman–Crippen MR) is 218 cm³/mol. The molecule has 2 aliphatic carbocycles. The van der Waals surface area contributed by atoms with Gasteiger partial charge < -0.3 is 35.6 Å². The van der Waals surface area contributed by atoms with Crippen molar-refractivity contribution >= 4 is 41.5 Å². The van der Waals surface area contributed by atoms with Gasteiger partial charge in [0.2, 0.25) is 17.6 Å². The van der Waals surface area contributed by atoms with Crippen LogP contribution in [0.2, 0.25) is 0 Å². The first-order chi connectivity index (χ1) is 27.2. The van der Waals surface area contributed by atoms with Crippen LogP contribution in [0, 0.1) is 35.0 Å². The molecule has 0 unspecified atom stereocenters. The largest absolute Gasteiger partial charge is 0.461 e. The Balaban J connectivity index is 1.43. The molecule has 5 amide bonds. The number of ether oxygens (including phenoxy) is 2. The van der Waals surface area contributed by atoms with Gasteiger partial charge in [-0.25, -0.2) is 4.79 Å². The zero-order valence-electron chi connectivity index (χ0n) is 35.8. The molecule has 1 aromatic rings. The van der Waals surface area contributed by atoms with Gasteiger partial charge in [-0.3, -0.25) is 28.8 Å². The van der Waals surface area contributed by atoms with E-state index in [2.05, 4.69) is 21.3 Å². The summed E-state index contributed by atoms with van der Waals surface area (Å²) in [7, 11) is 0. The number of rotatable bonds is 18. The minimum Gasteiger partial charge on any atom is -0.461 e. The summed E-state index contributed by atoms with van der Waals surface area (Å²) < 4.78 is 11.0. The third-order valence-corrected chi connectivity index (χ3v) is 11.4. The highest BCUT2D eigenvalue weighted by Crippen LogP contribution is 2.36. The SMILES string of the molecule is CC(C)[C@H]1CCN(C(=O)[C@@H](NC(=O)NC[C@H](C(=O)OCc2ccccc2)C2CCCC2)C(C)(C)C)[C@@H]1C(=O)N[C@@H](CC1CC1)C(=O)C(=O)NCCC(=O)OC(C)(C)C. The monoisotopic (exact) mass is 809 g/mol. The van der Waals surface area contributed by atoms with E-state index in [1.165, 1.54) is 4.90 Å². The molecule has 58 heavy (non-hydrogen) atoms. The number of benzene rings is 1. The first-order valence-corrected chi connectivity index (χ1v) is 21.1. The Morgan fingerprint density at radius 2 is 1.50 bits per heavy atom. The maximum absolute atomic E-state index is 14.5. The molecule has 0 radical (unpaired) electrons. The lowest BCUT2D eigenvalue weighted by molar-refractivity contribution is -0.155. The van der Waals surface area contributed by atoms with Crippen LogP contribution in [0.1, 0.15) is 119 Å². The van der Waals surface area contributed by atoms with E-state index < -0.39 is 70.6 Å². The second kappa shape index (κ2) is 20.5. The average molecular weight is 810 g/mol. The third-order valence-electron chi connectivity index (χ3n) is 11.4. The number of urea groups is 1. The van der Waals surface area contributed by atoms with Gasteiger partial charge in [-0.2, -0.15) is 0 Å². The van der Waals surface area contributed by atoms with E-state index in [-0.39, 0.29) is 68.7 Å². The fourth-order valence-electron chi connectivity index (χ4n) is 8.03. The van der Waals surface area contributed by atoms with Crippen molar-refractivity contribution in [1.82, 2.24) is 26.2 Å². The maximum atomic E-state index is 14.5. The number of carbonyl (C=O) groups excluding carboxylic acids is 7. The normalized spacial score (nSPS) is 20.1. The molecular weight excluding hydrogens is 743 g/mol. The Labute approximate surface area is 344 Å². The van der Waals surface area contributed by atoms with Crippen LogP contribution in [0.3, 0.4) is 0 Å². The summed E-state index contributed by atoms with van der Waals surface area (Å²) >= 11 is 0. The van der Waals surface area contributed by atoms with Crippen molar-refractivity contribution in [3.8, 4) is 0 Å². The van der Waals surface area contributed by atoms with Gasteiger partial charge in [-0.15, -0.1) is 0 Å². The zero-order chi connectivity index (χ0) is 42.8. The quantitative estimate of drug-likeness (QED) is 0.119. The maximum Gasteiger partial charge on any atom is 0.315 e. The van der Waals surface area contributed by atoms with Crippen LogP contribution >= 0.6 is 0 Å². The molecule has 14 nitrogen and oxygen atoms in total. The van der Waals surface area contributed by atoms with Gasteiger partial charge in [-0.1, -0.05) is 90.6 Å². The van der Waals surface area contributed by atoms with Gasteiger partial charge in [0.1, 0.15) is 24.3 Å². The number of carbonyl (C=O) groups is 7. The molecular formula is C44H67N5O9. The summed E-state index contributed by atoms with van der Waals surface area (Å²) in [5, 5.41) is 11.0. The van der Waals surface area contributed by atoms with Gasteiger partial charge in [0.15, 0.2) is 0 Å². The highest BCUT2D eigenvalue weighted by molar-refractivity contribution is 6.38. The van der Waals surface area contributed by atoms with Crippen molar-refractivity contribution in [1.29, 1.82) is 0 Å². The first kappa shape index (κ1) is 46.2. The lowest BCUT2D eigenvalue weighted by Crippen LogP contribution is -2.61. The fourth-order valence-corrected chi connectivity index (χ4v) is 8.03. The van der Waals surface area contributed by atoms with Crippen molar-refractivity contribution < 1.29 is 43.0 Å². The number of esters is 2. The minimum absolute atomic E-state index is 0.000739. The average Bonchev–Trinajstić information content (AvgIpc) is 3.58. The summed E-state index contributed by atoms with van der Waals surface area (Å²) in [5.41, 5.74) is -0.588. The van der Waals surface area contributed by atoms with E-state index in [9.17, 15) is 33.6 Å². The summed E-state index contributed by atoms with van der Waals surface area (Å²) in [4.78, 5) is 95.8. The molecule has 3 fully saturated rings. The molecule has 4 rings (SSSR count). The highest BCUT2D eigenvalue weighted by atomic mass is 16.6. The lowest BCUT2D eigenvalue weighted by atomic mass is 9.84. The number of nitrogens with one attached hydrogen (secondary N) is 4. The Kier molecular flexibility index (Phi) is 16.3. The Morgan fingerprint density at radius 1 is 0.845 bits per heavy atom. The standard InChI is InChI=1S/C44H67N5O9/c1-27(2)31-21-23-49(35(31)38(52)47-33(24-28-18-19-28)36(51)39(53)45-22-20-34(50)58-44(6,7)8)40(54)37(43(3,4)5)48-42(56)46-25-32(30-16-12-13-17-30)41(55)57-26-29-14-10-9-11-15-29/h9-11,14-15,27-28,30-33,35,37H,12-13,16-26H2,1-8H3,(H,45,53)(H,47,52)(H2,46,48,56)/t31-,32+,33+,35+,37-/m1/s1. The van der Waals surface area contributed by atoms with E-state index in [1.807, 2.05) is 65.0 Å². The molecule has 0 aromatic heterocycles. The van der Waals surface area contributed by atoms with Crippen molar-refractivity contribution in [2.75, 3.05) is 19.6 Å². The Hall–Kier alpha value is -4.49. The molecule has 14 heteroatoms. The fraction of sp³-hybridized carbons (Fsp3) is 0.705. The van der Waals surface area contributed by atoms with E-state index >= 15 is 0 Å². The summed E-state index contributed by atoms with van der Waals surface area (Å²) in [6, 6.07) is 5.71. The minimum atomic E-state index is -1.11. The lowest BCUT2D eigenvalue weighted by Gasteiger charge is -2.37. The smallest absolute Gasteiger partial charge is 0.315 e. The van der Waals surface area contributed by atoms with E-state index in [4.69, 9.17) is 9.47 Å². The number of nitrogens with zero attached hydrogens (tertiary/aromatic N) is 1. The van der Waals surface area contributed by atoms with Crippen LogP contribution in [0.5, 0.6) is 0 Å². The molecule has 1 heterocycles. The van der Waals surface area contributed by atoms with Crippen molar-refractivity contribution in [3.05, 3.63) is 35.9 Å². The summed E-state index contributed by atoms with van der Waals surface area (Å²) in [6.45, 7) is 15.0. The van der Waals surface area contributed by atoms with E-state index in [0.717, 1.165) is 44.1 Å². The number of ketones is 1. The molecule has 3 aliphatic rings. The summed E-state index contributed by atoms with van der Waals surface area (Å²) in [5.74, 6) is -4.11. The number of Topliss-reactive ketones (excluding diaryl/α,β-unsaturated/α-hetero) is 1. The highest BCUT2D eigenvalue weighted by Gasteiger charge is 2.48. The molecule has 1 aromatic carbocycles. The Bertz CT molecular complexity index is 1610. The molecule has 1 aliphatic heterocycles. The molecule has 0 spiro atoms. The number of hydrogen-bond acceptors (Lipinski definition) is 9. The van der Waals surface area contributed by atoms with Gasteiger partial charge in [0.05, 0.1) is 18.4 Å². The number of amides is 5. The van der Waals surface area contributed by atoms with Crippen LogP contribution in [0.4, 0.5) is 4.79 Å². The predicted octanol–water partition coefficient (Wildman–Crippen LogP) is 4.83. The van der Waals surface area contributed by atoms with Crippen molar-refractivity contribution in [2.45, 2.75) is 144 Å². The van der Waals surface area contributed by atoms with Crippen LogP contribution in [0.25, 0.3) is 0 Å². The Morgan fingerprint density at radius 3 is 2.09 bits per heavy atom. The first-order valence-electron chi connectivity index (χ1n) is 21.1. The van der Waals surface area contributed by atoms with Crippen molar-refractivity contribution in [2.24, 2.45) is 35.0 Å². The molecule has 0 bridgehead atoms. The molecule has 5 atom stereocenters. The summed E-state index contributed by atoms with van der Waals surface area (Å²) in [6.07, 6.45) is 6.17. The van der Waals surface area contributed by atoms with Crippen LogP contribution in [-0.4, -0.2) is 89.7 Å². The van der Waals surface area contributed by atoms with Gasteiger partial charge in [0.25, 0.3) is 5.91 Å². The number of likely N-dealkylation sites (tertiary alicyclic amines) is 1. The van der Waals surface area contributed by atoms with E-state index in [1.54, 1.807) is 20.8 Å². The second-order valence-electron chi connectivity index (χ2n) is 18.8. The molecule has 2 saturated carbocycles. The topological polar surface area (TPSA) is 189 Å². The molecule has 322 valence electrons. The third kappa shape index (κ3) is 13.8. The van der Waals surface area contributed by atoms with E-state index in [0.29, 0.717) is 6.42 Å². The van der Waals surface area contributed by atoms with Gasteiger partial charge >= 0.3 is 18.0 Å². The molecule has 4 N–H and O–H groups in total. The number of hydrogen-bond donors (Lipinski definition) is 4. The van der Waals surface area contributed by atoms with Crippen LogP contribution in [0.15, 0.2) is 30.3 Å². The van der Waals surface area contributed by atoms with Crippen LogP contribution < -0.4 is 21.3 Å². The second-order valence-corrected chi connectivity index (χ2v) is 18.8. The van der Waals surface area contributed by atoms with Gasteiger partial charge in [0, 0.05) is 19.6 Å². The zero-order valence-corrected chi connectivity index (χ0v) is 35.8. The van der Waals surface area contributed by atoms with Gasteiger partial charge in [-0.05, 0) is 81.1 Å². The van der Waals surface area contributed by atoms with Crippen LogP contribution in [-0.2, 0) is 44.8 Å².